The van der Waals surface area contributed by atoms with Gasteiger partial charge in [0, 0.05) is 160 Å². The molecule has 3 N–H and O–H groups in total. The number of unbranched alkanes of at least 4 members (excludes halogenated alkanes) is 4. The Morgan fingerprint density at radius 3 is 1.18 bits per heavy atom. The van der Waals surface area contributed by atoms with Crippen LogP contribution in [-0.4, -0.2) is 182 Å². The number of rotatable bonds is 32. The second kappa shape index (κ2) is 50.0. The first-order valence-corrected chi connectivity index (χ1v) is 39.4. The van der Waals surface area contributed by atoms with Crippen molar-refractivity contribution in [2.24, 2.45) is 15.0 Å². The molecule has 0 bridgehead atoms. The van der Waals surface area contributed by atoms with Crippen LogP contribution in [0.2, 0.25) is 0 Å². The van der Waals surface area contributed by atoms with E-state index < -0.39 is 45.9 Å². The third kappa shape index (κ3) is 35.6. The van der Waals surface area contributed by atoms with Crippen molar-refractivity contribution < 1.29 is 78.7 Å². The molecule has 622 valence electrons. The molecule has 2 aromatic heterocycles. The fraction of sp³-hybridized carbons (Fsp3) is 0.354. The number of carbonyl (C=O) groups excluding carboxylic acids is 4. The van der Waals surface area contributed by atoms with Gasteiger partial charge in [0.2, 0.25) is 41.9 Å². The van der Waals surface area contributed by atoms with Gasteiger partial charge in [0.05, 0.1) is 43.9 Å². The van der Waals surface area contributed by atoms with E-state index in [1.54, 1.807) is 91.1 Å². The number of ether oxygens (including phenoxy) is 2. The Kier molecular flexibility index (Phi) is 43.4. The summed E-state index contributed by atoms with van der Waals surface area (Å²) in [4.78, 5) is 84.0. The van der Waals surface area contributed by atoms with Gasteiger partial charge in [-0.05, 0) is 158 Å². The van der Waals surface area contributed by atoms with E-state index in [9.17, 15) is 64.7 Å². The first kappa shape index (κ1) is 98.9. The number of nitrogens with one attached hydrogen (secondary N) is 3. The lowest BCUT2D eigenvalue weighted by Crippen LogP contribution is -2.49. The highest BCUT2D eigenvalue weighted by atomic mass is 32.2. The van der Waals surface area contributed by atoms with Gasteiger partial charge in [-0.3, -0.25) is 54.3 Å². The second-order valence-electron chi connectivity index (χ2n) is 25.3. The van der Waals surface area contributed by atoms with Crippen LogP contribution in [0.3, 0.4) is 0 Å². The van der Waals surface area contributed by atoms with Crippen LogP contribution < -0.4 is 29.5 Å². The molecule has 0 radical (unpaired) electrons. The van der Waals surface area contributed by atoms with E-state index in [-0.39, 0.29) is 97.1 Å². The van der Waals surface area contributed by atoms with Gasteiger partial charge in [0.25, 0.3) is 0 Å². The number of Topliss-reactive ketones (excluding diaryl/α,β-unsaturated/α-hetero) is 1. The van der Waals surface area contributed by atoms with E-state index in [1.807, 2.05) is 130 Å². The van der Waals surface area contributed by atoms with E-state index >= 15 is 0 Å². The molecule has 0 spiro atoms. The Balaban J connectivity index is 0.000000743. The van der Waals surface area contributed by atoms with E-state index in [4.69, 9.17) is 13.6 Å². The average Bonchev–Trinajstić information content (AvgIpc) is 1.63. The van der Waals surface area contributed by atoms with Crippen molar-refractivity contribution >= 4 is 118 Å². The minimum absolute atomic E-state index is 0. The molecule has 114 heavy (non-hydrogen) atoms. The quantitative estimate of drug-likeness (QED) is 0.0116. The molecule has 0 saturated carbocycles. The number of furan rings is 2. The lowest BCUT2D eigenvalue weighted by Gasteiger charge is -2.33. The number of amides is 2. The number of benzene rings is 6. The zero-order valence-corrected chi connectivity index (χ0v) is 66.9. The standard InChI is InChI=1S/C24H33N3O3S.C21H26N4O3S.C19H24N4O3S.C7H7NO5.C6H7NO4.2CH4.FH.H2/c1-20(28)9-7-5-4-6-8-18-26-31(29,30)24-16-12-22(13-17-24)25-19-21-10-14-23(15-11-21)27(2)3;1-17(26)24-12-14-25(15-13-24)29(27,28)21-10-6-19(7-11-21)22-16-18-4-8-20(9-5-18)23(2)3;1-15(24)20-12-13-22-27(25,26)19-10-6-17(7-11-19)21-14-16-4-8-18(9-5-16)23(2)3;1-5(9)12-4-6-2-3-7(13-6)8(10)11;1-10-4-5-2-3-6(11-5)7(8)9;;;;/h10-17,19,26H,4-9,18H2,1-3H3;4-11,16H,12-15H2,1-3H3;4-11,14,22H,12-13H2,1-3H3,(H,20,24);2-3H,4H2,1H3;2-3H,4H2,1H3;2*1H4;2*1H/i;;;;;;;;1+1. The van der Waals surface area contributed by atoms with Crippen molar-refractivity contribution in [1.82, 2.24) is 24.0 Å². The molecule has 1 aliphatic heterocycles. The fourth-order valence-electron chi connectivity index (χ4n) is 9.77. The van der Waals surface area contributed by atoms with Crippen LogP contribution in [-0.2, 0) is 71.9 Å². The number of piperazine rings is 1. The maximum atomic E-state index is 12.8. The molecule has 31 nitrogen and oxygen atoms in total. The molecule has 35 heteroatoms. The molecule has 1 saturated heterocycles. The molecule has 8 aromatic rings. The van der Waals surface area contributed by atoms with Crippen LogP contribution in [0, 0.1) is 20.2 Å². The van der Waals surface area contributed by atoms with E-state index in [2.05, 4.69) is 34.5 Å². The van der Waals surface area contributed by atoms with Crippen LogP contribution in [0.1, 0.15) is 111 Å². The second-order valence-corrected chi connectivity index (χ2v) is 30.8. The van der Waals surface area contributed by atoms with Crippen molar-refractivity contribution in [3.63, 3.8) is 0 Å². The lowest BCUT2D eigenvalue weighted by molar-refractivity contribution is -0.402. The molecule has 0 unspecified atom stereocenters. The molecule has 1 fully saturated rings. The number of halogens is 1. The zero-order valence-electron chi connectivity index (χ0n) is 64.5. The summed E-state index contributed by atoms with van der Waals surface area (Å²) in [6.07, 6.45) is 10.6. The number of methoxy groups -OCH3 is 1. The summed E-state index contributed by atoms with van der Waals surface area (Å²) in [6.45, 7) is 8.16. The largest absolute Gasteiger partial charge is 0.458 e. The van der Waals surface area contributed by atoms with Gasteiger partial charge < -0.3 is 48.0 Å². The van der Waals surface area contributed by atoms with Crippen LogP contribution >= 0.6 is 0 Å². The molecular formula is C79H108FN13O18S3. The van der Waals surface area contributed by atoms with Gasteiger partial charge in [0.15, 0.2) is 0 Å². The first-order chi connectivity index (χ1) is 52.6. The topological polar surface area (TPSA) is 391 Å². The van der Waals surface area contributed by atoms with Gasteiger partial charge in [-0.25, -0.2) is 34.7 Å². The summed E-state index contributed by atoms with van der Waals surface area (Å²) in [6, 6.07) is 48.8. The lowest BCUT2D eigenvalue weighted by atomic mass is 10.1. The Labute approximate surface area is 669 Å². The number of anilines is 3. The monoisotopic (exact) mass is 1640 g/mol. The van der Waals surface area contributed by atoms with Crippen molar-refractivity contribution in [2.45, 2.75) is 109 Å². The molecule has 6 aromatic carbocycles. The van der Waals surface area contributed by atoms with Crippen LogP contribution in [0.4, 0.5) is 50.6 Å². The highest BCUT2D eigenvalue weighted by Crippen LogP contribution is 2.25. The van der Waals surface area contributed by atoms with Crippen LogP contribution in [0.5, 0.6) is 0 Å². The summed E-state index contributed by atoms with van der Waals surface area (Å²) in [5.74, 6) is -0.365. The Bertz CT molecular complexity index is 4740. The number of nitrogens with zero attached hydrogens (tertiary/aromatic N) is 10. The maximum Gasteiger partial charge on any atom is 0.433 e. The predicted molar refractivity (Wildman–Crippen MR) is 447 cm³/mol. The summed E-state index contributed by atoms with van der Waals surface area (Å²) in [5, 5.41) is 22.8. The number of esters is 1. The van der Waals surface area contributed by atoms with Crippen molar-refractivity contribution in [3.8, 4) is 0 Å². The van der Waals surface area contributed by atoms with Crippen LogP contribution in [0.25, 0.3) is 0 Å². The zero-order chi connectivity index (χ0) is 81.7. The van der Waals surface area contributed by atoms with Gasteiger partial charge in [-0.2, -0.15) is 4.31 Å². The summed E-state index contributed by atoms with van der Waals surface area (Å²) in [5.41, 5.74) is 8.27. The van der Waals surface area contributed by atoms with Crippen molar-refractivity contribution in [3.05, 3.63) is 218 Å². The molecule has 0 aliphatic carbocycles. The molecule has 0 atom stereocenters. The molecule has 1 aliphatic rings. The molecule has 2 amide bonds. The van der Waals surface area contributed by atoms with Crippen molar-refractivity contribution in [2.75, 3.05) is 110 Å². The number of ketones is 1. The number of aliphatic imine (C=N–C) groups is 3. The molecule has 3 heterocycles. The van der Waals surface area contributed by atoms with E-state index in [0.717, 1.165) is 65.9 Å². The number of hydrogen-bond donors (Lipinski definition) is 3. The van der Waals surface area contributed by atoms with Gasteiger partial charge in [-0.15, -0.1) is 0 Å². The normalized spacial score (nSPS) is 11.9. The van der Waals surface area contributed by atoms with Crippen molar-refractivity contribution in [1.29, 1.82) is 0 Å². The van der Waals surface area contributed by atoms with E-state index in [0.29, 0.717) is 62.0 Å². The smallest absolute Gasteiger partial charge is 0.433 e. The SMILES string of the molecule is C.C.CC(=O)CCCCCCCNS(=O)(=O)c1ccc(N=Cc2ccc(N(C)C)cc2)cc1.CC(=O)N1CCN(S(=O)(=O)c2ccc(N=Cc3ccc(N(C)C)cc3)cc2)CC1.CC(=O)NCCNS(=O)(=O)c1ccc(N=Cc2ccc(N(C)C)cc2)cc1.CC(=O)OCc1ccc([N+](=O)[O-])o1.COCc1ccc([N+](=O)[O-])o1.F.[2HH]. The summed E-state index contributed by atoms with van der Waals surface area (Å²) >= 11 is 0. The van der Waals surface area contributed by atoms with Crippen LogP contribution in [0.15, 0.2) is 208 Å². The minimum Gasteiger partial charge on any atom is -0.458 e. The van der Waals surface area contributed by atoms with Gasteiger partial charge in [0.1, 0.15) is 40.4 Å². The third-order valence-electron chi connectivity index (χ3n) is 15.9. The van der Waals surface area contributed by atoms with Gasteiger partial charge >= 0.3 is 17.7 Å². The molecular weight excluding hydrogens is 1530 g/mol. The van der Waals surface area contributed by atoms with E-state index in [1.165, 1.54) is 68.6 Å². The predicted octanol–water partition coefficient (Wildman–Crippen LogP) is 13.2. The maximum absolute atomic E-state index is 12.8. The minimum atomic E-state index is -3.61. The first-order valence-electron chi connectivity index (χ1n) is 35.0. The average molecular weight is 1640 g/mol. The Hall–Kier alpha value is -11.2. The number of nitro groups is 2. The highest BCUT2D eigenvalue weighted by Gasteiger charge is 2.29. The number of hydrogen-bond acceptors (Lipinski definition) is 24. The van der Waals surface area contributed by atoms with Gasteiger partial charge in [-0.1, -0.05) is 70.5 Å². The summed E-state index contributed by atoms with van der Waals surface area (Å²) in [7, 11) is 2.72. The highest BCUT2D eigenvalue weighted by molar-refractivity contribution is 7.90. The molecule has 9 rings (SSSR count). The third-order valence-corrected chi connectivity index (χ3v) is 20.8. The Morgan fingerprint density at radius 2 is 0.851 bits per heavy atom. The Morgan fingerprint density at radius 1 is 0.491 bits per heavy atom. The number of carbonyl (C=O) groups is 4. The number of sulfonamides is 3. The summed E-state index contributed by atoms with van der Waals surface area (Å²) < 4.78 is 100. The fourth-order valence-corrected chi connectivity index (χ4v) is 13.3.